The third kappa shape index (κ3) is 1.95. The molecule has 4 heteroatoms. The molecular weight excluding hydrogens is 320 g/mol. The van der Waals surface area contributed by atoms with E-state index in [1.807, 2.05) is 0 Å². The summed E-state index contributed by atoms with van der Waals surface area (Å²) in [4.78, 5) is 4.74. The summed E-state index contributed by atoms with van der Waals surface area (Å²) in [5.74, 6) is 0. The molecule has 0 saturated carbocycles. The van der Waals surface area contributed by atoms with Gasteiger partial charge in [-0.3, -0.25) is 0 Å². The number of fused-ring (bicyclic) bond motifs is 2. The zero-order chi connectivity index (χ0) is 12.8. The maximum absolute atomic E-state index is 4.74. The van der Waals surface area contributed by atoms with Crippen molar-refractivity contribution in [1.29, 1.82) is 0 Å². The van der Waals surface area contributed by atoms with Gasteiger partial charge in [-0.1, -0.05) is 15.9 Å². The summed E-state index contributed by atoms with van der Waals surface area (Å²) in [5, 5.41) is 4.49. The second kappa shape index (κ2) is 4.32. The van der Waals surface area contributed by atoms with Crippen LogP contribution in [-0.4, -0.2) is 11.5 Å². The second-order valence-electron chi connectivity index (χ2n) is 4.68. The van der Waals surface area contributed by atoms with Crippen molar-refractivity contribution >= 4 is 43.2 Å². The summed E-state index contributed by atoms with van der Waals surface area (Å²) in [6, 6.07) is 12.8. The zero-order valence-corrected chi connectivity index (χ0v) is 12.5. The minimum absolute atomic E-state index is 1.05. The molecule has 1 aliphatic heterocycles. The van der Waals surface area contributed by atoms with Crippen molar-refractivity contribution in [3.05, 3.63) is 46.4 Å². The molecule has 0 amide bonds. The van der Waals surface area contributed by atoms with Crippen LogP contribution in [0, 0.1) is 0 Å². The Labute approximate surface area is 123 Å². The molecule has 0 radical (unpaired) electrons. The lowest BCUT2D eigenvalue weighted by Gasteiger charge is -2.01. The normalized spacial score (nSPS) is 13.5. The number of rotatable bonds is 1. The highest BCUT2D eigenvalue weighted by atomic mass is 79.9. The third-order valence-corrected chi connectivity index (χ3v) is 4.99. The number of benzene rings is 2. The summed E-state index contributed by atoms with van der Waals surface area (Å²) in [6.07, 6.45) is 1.11. The van der Waals surface area contributed by atoms with Gasteiger partial charge in [0.25, 0.3) is 0 Å². The highest BCUT2D eigenvalue weighted by Crippen LogP contribution is 2.34. The first kappa shape index (κ1) is 11.4. The molecule has 4 rings (SSSR count). The van der Waals surface area contributed by atoms with E-state index in [0.29, 0.717) is 0 Å². The van der Waals surface area contributed by atoms with Crippen LogP contribution in [0.3, 0.4) is 0 Å². The lowest BCUT2D eigenvalue weighted by atomic mass is 10.1. The third-order valence-electron chi connectivity index (χ3n) is 3.41. The van der Waals surface area contributed by atoms with Gasteiger partial charge in [0, 0.05) is 22.3 Å². The van der Waals surface area contributed by atoms with Crippen molar-refractivity contribution in [1.82, 2.24) is 4.98 Å². The molecule has 2 nitrogen and oxygen atoms in total. The van der Waals surface area contributed by atoms with E-state index in [1.54, 1.807) is 11.3 Å². The molecule has 3 aromatic rings. The van der Waals surface area contributed by atoms with Gasteiger partial charge in [0.2, 0.25) is 0 Å². The number of hydrogen-bond acceptors (Lipinski definition) is 3. The van der Waals surface area contributed by atoms with Crippen LogP contribution >= 0.6 is 27.3 Å². The van der Waals surface area contributed by atoms with E-state index in [0.717, 1.165) is 28.0 Å². The Kier molecular flexibility index (Phi) is 2.60. The zero-order valence-electron chi connectivity index (χ0n) is 10.1. The van der Waals surface area contributed by atoms with Crippen molar-refractivity contribution in [3.8, 4) is 10.6 Å². The standard InChI is InChI=1S/C15H11BrN2S/c16-11-2-4-14-13(8-11)18-15(19-14)10-1-3-12-9(7-10)5-6-17-12/h1-4,7-8,17H,5-6H2. The molecule has 1 N–H and O–H groups in total. The topological polar surface area (TPSA) is 24.9 Å². The van der Waals surface area contributed by atoms with Gasteiger partial charge < -0.3 is 5.32 Å². The van der Waals surface area contributed by atoms with Crippen LogP contribution in [0.25, 0.3) is 20.8 Å². The van der Waals surface area contributed by atoms with Crippen LogP contribution in [0.1, 0.15) is 5.56 Å². The second-order valence-corrected chi connectivity index (χ2v) is 6.63. The van der Waals surface area contributed by atoms with Gasteiger partial charge in [0.1, 0.15) is 5.01 Å². The van der Waals surface area contributed by atoms with E-state index in [9.17, 15) is 0 Å². The molecule has 2 aromatic carbocycles. The first-order valence-corrected chi connectivity index (χ1v) is 7.84. The van der Waals surface area contributed by atoms with Gasteiger partial charge in [0.15, 0.2) is 0 Å². The van der Waals surface area contributed by atoms with E-state index >= 15 is 0 Å². The molecule has 0 bridgehead atoms. The Morgan fingerprint density at radius 1 is 1.16 bits per heavy atom. The number of anilines is 1. The molecule has 0 aliphatic carbocycles. The fourth-order valence-electron chi connectivity index (χ4n) is 2.46. The monoisotopic (exact) mass is 330 g/mol. The maximum Gasteiger partial charge on any atom is 0.124 e. The van der Waals surface area contributed by atoms with Gasteiger partial charge in [-0.2, -0.15) is 0 Å². The van der Waals surface area contributed by atoms with Crippen molar-refractivity contribution in [2.45, 2.75) is 6.42 Å². The van der Waals surface area contributed by atoms with E-state index in [1.165, 1.54) is 21.5 Å². The first-order chi connectivity index (χ1) is 9.29. The maximum atomic E-state index is 4.74. The van der Waals surface area contributed by atoms with Crippen molar-refractivity contribution in [3.63, 3.8) is 0 Å². The van der Waals surface area contributed by atoms with E-state index in [4.69, 9.17) is 4.98 Å². The molecule has 1 aromatic heterocycles. The van der Waals surface area contributed by atoms with E-state index in [-0.39, 0.29) is 0 Å². The van der Waals surface area contributed by atoms with Gasteiger partial charge in [0.05, 0.1) is 10.2 Å². The average Bonchev–Trinajstić information content (AvgIpc) is 3.02. The van der Waals surface area contributed by atoms with Gasteiger partial charge >= 0.3 is 0 Å². The summed E-state index contributed by atoms with van der Waals surface area (Å²) < 4.78 is 2.31. The first-order valence-electron chi connectivity index (χ1n) is 6.23. The van der Waals surface area contributed by atoms with Gasteiger partial charge in [-0.05, 0) is 48.4 Å². The molecule has 2 heterocycles. The lowest BCUT2D eigenvalue weighted by molar-refractivity contribution is 1.11. The van der Waals surface area contributed by atoms with Crippen LogP contribution in [-0.2, 0) is 6.42 Å². The van der Waals surface area contributed by atoms with E-state index in [2.05, 4.69) is 57.6 Å². The number of aromatic nitrogens is 1. The Hall–Kier alpha value is -1.39. The fraction of sp³-hybridized carbons (Fsp3) is 0.133. The predicted octanol–water partition coefficient (Wildman–Crippen LogP) is 4.69. The highest BCUT2D eigenvalue weighted by molar-refractivity contribution is 9.10. The molecule has 94 valence electrons. The SMILES string of the molecule is Brc1ccc2sc(-c3ccc4c(c3)CCN4)nc2c1. The quantitative estimate of drug-likeness (QED) is 0.699. The molecule has 19 heavy (non-hydrogen) atoms. The molecule has 0 atom stereocenters. The number of hydrogen-bond donors (Lipinski definition) is 1. The van der Waals surface area contributed by atoms with Crippen molar-refractivity contribution in [2.24, 2.45) is 0 Å². The number of halogens is 1. The van der Waals surface area contributed by atoms with Crippen molar-refractivity contribution in [2.75, 3.05) is 11.9 Å². The molecule has 0 unspecified atom stereocenters. The molecule has 1 aliphatic rings. The molecule has 0 spiro atoms. The largest absolute Gasteiger partial charge is 0.384 e. The Morgan fingerprint density at radius 2 is 2.11 bits per heavy atom. The minimum Gasteiger partial charge on any atom is -0.384 e. The van der Waals surface area contributed by atoms with Crippen LogP contribution in [0.4, 0.5) is 5.69 Å². The Morgan fingerprint density at radius 3 is 3.05 bits per heavy atom. The lowest BCUT2D eigenvalue weighted by Crippen LogP contribution is -1.90. The summed E-state index contributed by atoms with van der Waals surface area (Å²) >= 11 is 5.25. The number of thiazole rings is 1. The van der Waals surface area contributed by atoms with Crippen LogP contribution in [0.5, 0.6) is 0 Å². The summed E-state index contributed by atoms with van der Waals surface area (Å²) in [5.41, 5.74) is 4.96. The number of nitrogens with zero attached hydrogens (tertiary/aromatic N) is 1. The number of nitrogens with one attached hydrogen (secondary N) is 1. The average molecular weight is 331 g/mol. The Bertz CT molecular complexity index is 779. The van der Waals surface area contributed by atoms with Crippen molar-refractivity contribution < 1.29 is 0 Å². The van der Waals surface area contributed by atoms with E-state index < -0.39 is 0 Å². The van der Waals surface area contributed by atoms with Crippen LogP contribution in [0.2, 0.25) is 0 Å². The van der Waals surface area contributed by atoms with Crippen LogP contribution in [0.15, 0.2) is 40.9 Å². The summed E-state index contributed by atoms with van der Waals surface area (Å²) in [6.45, 7) is 1.05. The van der Waals surface area contributed by atoms with Gasteiger partial charge in [-0.15, -0.1) is 11.3 Å². The van der Waals surface area contributed by atoms with Gasteiger partial charge in [-0.25, -0.2) is 4.98 Å². The fourth-order valence-corrected chi connectivity index (χ4v) is 3.75. The highest BCUT2D eigenvalue weighted by Gasteiger charge is 2.12. The minimum atomic E-state index is 1.05. The predicted molar refractivity (Wildman–Crippen MR) is 84.9 cm³/mol. The van der Waals surface area contributed by atoms with Crippen LogP contribution < -0.4 is 5.32 Å². The smallest absolute Gasteiger partial charge is 0.124 e. The Balaban J connectivity index is 1.85. The molecule has 0 saturated heterocycles. The molecular formula is C15H11BrN2S. The molecule has 0 fully saturated rings. The summed E-state index contributed by atoms with van der Waals surface area (Å²) in [7, 11) is 0.